The van der Waals surface area contributed by atoms with Crippen molar-refractivity contribution in [3.63, 3.8) is 0 Å². The smallest absolute Gasteiger partial charge is 0.254 e. The molecule has 0 aromatic heterocycles. The third-order valence-electron chi connectivity index (χ3n) is 2.38. The molecule has 3 nitrogen and oxygen atoms in total. The number of amides is 1. The van der Waals surface area contributed by atoms with Gasteiger partial charge in [-0.05, 0) is 18.6 Å². The van der Waals surface area contributed by atoms with E-state index in [0.717, 1.165) is 11.1 Å². The monoisotopic (exact) mass is 191 g/mol. The number of benzene rings is 1. The van der Waals surface area contributed by atoms with Crippen LogP contribution in [-0.4, -0.2) is 28.6 Å². The second-order valence-corrected chi connectivity index (χ2v) is 3.69. The lowest BCUT2D eigenvalue weighted by Crippen LogP contribution is -2.31. The summed E-state index contributed by atoms with van der Waals surface area (Å²) in [4.78, 5) is 13.4. The van der Waals surface area contributed by atoms with Crippen molar-refractivity contribution in [2.24, 2.45) is 0 Å². The molecule has 0 fully saturated rings. The molecular weight excluding hydrogens is 178 g/mol. The molecule has 0 bridgehead atoms. The van der Waals surface area contributed by atoms with Gasteiger partial charge in [0.05, 0.1) is 6.10 Å². The lowest BCUT2D eigenvalue weighted by molar-refractivity contribution is 0.0672. The topological polar surface area (TPSA) is 40.5 Å². The Morgan fingerprint density at radius 2 is 2.21 bits per heavy atom. The fourth-order valence-corrected chi connectivity index (χ4v) is 1.78. The van der Waals surface area contributed by atoms with Crippen LogP contribution in [0.25, 0.3) is 0 Å². The Labute approximate surface area is 83.0 Å². The van der Waals surface area contributed by atoms with Gasteiger partial charge in [-0.2, -0.15) is 0 Å². The average Bonchev–Trinajstić information content (AvgIpc) is 2.44. The summed E-state index contributed by atoms with van der Waals surface area (Å²) >= 11 is 0. The summed E-state index contributed by atoms with van der Waals surface area (Å²) in [5, 5.41) is 9.22. The first-order valence-corrected chi connectivity index (χ1v) is 4.73. The molecule has 2 rings (SSSR count). The van der Waals surface area contributed by atoms with E-state index in [2.05, 4.69) is 0 Å². The number of aliphatic hydroxyl groups is 1. The first-order valence-electron chi connectivity index (χ1n) is 4.73. The highest BCUT2D eigenvalue weighted by molar-refractivity contribution is 5.98. The highest BCUT2D eigenvalue weighted by Gasteiger charge is 2.26. The van der Waals surface area contributed by atoms with E-state index in [4.69, 9.17) is 0 Å². The number of carbonyl (C=O) groups excluding carboxylic acids is 1. The molecule has 1 aliphatic rings. The molecule has 0 saturated heterocycles. The lowest BCUT2D eigenvalue weighted by atomic mass is 10.1. The molecule has 1 heterocycles. The number of rotatable bonds is 2. The Balaban J connectivity index is 2.21. The quantitative estimate of drug-likeness (QED) is 0.758. The van der Waals surface area contributed by atoms with Crippen LogP contribution in [0.3, 0.4) is 0 Å². The summed E-state index contributed by atoms with van der Waals surface area (Å²) in [5.41, 5.74) is 1.83. The SMILES string of the molecule is C[C@H](O)CN1Cc2ccccc2C1=O. The van der Waals surface area contributed by atoms with Gasteiger partial charge >= 0.3 is 0 Å². The zero-order valence-electron chi connectivity index (χ0n) is 8.10. The molecule has 0 radical (unpaired) electrons. The van der Waals surface area contributed by atoms with Crippen molar-refractivity contribution in [3.8, 4) is 0 Å². The van der Waals surface area contributed by atoms with Crippen LogP contribution in [0.2, 0.25) is 0 Å². The first kappa shape index (κ1) is 9.21. The Hall–Kier alpha value is -1.35. The molecule has 14 heavy (non-hydrogen) atoms. The van der Waals surface area contributed by atoms with Crippen molar-refractivity contribution in [1.29, 1.82) is 0 Å². The van der Waals surface area contributed by atoms with Crippen molar-refractivity contribution < 1.29 is 9.90 Å². The highest BCUT2D eigenvalue weighted by Crippen LogP contribution is 2.21. The van der Waals surface area contributed by atoms with E-state index >= 15 is 0 Å². The minimum absolute atomic E-state index is 0.0292. The molecule has 74 valence electrons. The lowest BCUT2D eigenvalue weighted by Gasteiger charge is -2.16. The predicted molar refractivity (Wildman–Crippen MR) is 52.9 cm³/mol. The van der Waals surface area contributed by atoms with Crippen molar-refractivity contribution >= 4 is 5.91 Å². The number of aliphatic hydroxyl groups excluding tert-OH is 1. The van der Waals surface area contributed by atoms with E-state index in [0.29, 0.717) is 13.1 Å². The van der Waals surface area contributed by atoms with E-state index in [1.807, 2.05) is 24.3 Å². The number of fused-ring (bicyclic) bond motifs is 1. The standard InChI is InChI=1S/C11H13NO2/c1-8(13)6-12-7-9-4-2-3-5-10(9)11(12)14/h2-5,8,13H,6-7H2,1H3/t8-/m0/s1. The second kappa shape index (κ2) is 3.42. The second-order valence-electron chi connectivity index (χ2n) is 3.69. The zero-order chi connectivity index (χ0) is 10.1. The van der Waals surface area contributed by atoms with Gasteiger partial charge in [-0.25, -0.2) is 0 Å². The fraction of sp³-hybridized carbons (Fsp3) is 0.364. The van der Waals surface area contributed by atoms with Crippen LogP contribution in [0, 0.1) is 0 Å². The normalized spacial score (nSPS) is 17.0. The van der Waals surface area contributed by atoms with Gasteiger partial charge in [-0.15, -0.1) is 0 Å². The summed E-state index contributed by atoms with van der Waals surface area (Å²) in [7, 11) is 0. The summed E-state index contributed by atoms with van der Waals surface area (Å²) in [6.45, 7) is 2.73. The number of hydrogen-bond acceptors (Lipinski definition) is 2. The van der Waals surface area contributed by atoms with Crippen molar-refractivity contribution in [1.82, 2.24) is 4.90 Å². The maximum absolute atomic E-state index is 11.7. The molecule has 1 amide bonds. The fourth-order valence-electron chi connectivity index (χ4n) is 1.78. The van der Waals surface area contributed by atoms with Gasteiger partial charge in [0.1, 0.15) is 0 Å². The minimum atomic E-state index is -0.465. The third-order valence-corrected chi connectivity index (χ3v) is 2.38. The molecule has 0 aliphatic carbocycles. The number of β-amino-alcohol motifs (C(OH)–C–C–N with tert-alkyl or cyclic N) is 1. The summed E-state index contributed by atoms with van der Waals surface area (Å²) in [5.74, 6) is 0.0292. The molecule has 1 aromatic rings. The van der Waals surface area contributed by atoms with Crippen LogP contribution in [-0.2, 0) is 6.54 Å². The van der Waals surface area contributed by atoms with Crippen molar-refractivity contribution in [3.05, 3.63) is 35.4 Å². The van der Waals surface area contributed by atoms with Crippen LogP contribution < -0.4 is 0 Å². The molecule has 0 saturated carbocycles. The van der Waals surface area contributed by atoms with Gasteiger partial charge in [0.15, 0.2) is 0 Å². The Morgan fingerprint density at radius 1 is 1.50 bits per heavy atom. The minimum Gasteiger partial charge on any atom is -0.392 e. The molecule has 1 N–H and O–H groups in total. The third kappa shape index (κ3) is 1.51. The molecule has 1 atom stereocenters. The number of carbonyl (C=O) groups is 1. The van der Waals surface area contributed by atoms with E-state index in [-0.39, 0.29) is 5.91 Å². The first-order chi connectivity index (χ1) is 6.68. The molecule has 0 unspecified atom stereocenters. The van der Waals surface area contributed by atoms with Gasteiger partial charge in [-0.1, -0.05) is 18.2 Å². The molecule has 1 aliphatic heterocycles. The van der Waals surface area contributed by atoms with E-state index in [1.165, 1.54) is 0 Å². The molecular formula is C11H13NO2. The van der Waals surface area contributed by atoms with Crippen LogP contribution in [0.15, 0.2) is 24.3 Å². The van der Waals surface area contributed by atoms with Gasteiger partial charge in [0.25, 0.3) is 5.91 Å². The average molecular weight is 191 g/mol. The summed E-state index contributed by atoms with van der Waals surface area (Å²) in [6.07, 6.45) is -0.465. The molecule has 0 spiro atoms. The molecule has 3 heteroatoms. The van der Waals surface area contributed by atoms with Gasteiger partial charge < -0.3 is 10.0 Å². The Morgan fingerprint density at radius 3 is 2.86 bits per heavy atom. The van der Waals surface area contributed by atoms with Crippen LogP contribution in [0.4, 0.5) is 0 Å². The van der Waals surface area contributed by atoms with Gasteiger partial charge in [0.2, 0.25) is 0 Å². The number of nitrogens with zero attached hydrogens (tertiary/aromatic N) is 1. The molecule has 1 aromatic carbocycles. The predicted octanol–water partition coefficient (Wildman–Crippen LogP) is 1.02. The van der Waals surface area contributed by atoms with Crippen LogP contribution in [0.1, 0.15) is 22.8 Å². The van der Waals surface area contributed by atoms with Gasteiger partial charge in [0, 0.05) is 18.7 Å². The summed E-state index contributed by atoms with van der Waals surface area (Å²) < 4.78 is 0. The van der Waals surface area contributed by atoms with E-state index in [1.54, 1.807) is 11.8 Å². The summed E-state index contributed by atoms with van der Waals surface area (Å²) in [6, 6.07) is 7.58. The van der Waals surface area contributed by atoms with E-state index in [9.17, 15) is 9.90 Å². The van der Waals surface area contributed by atoms with Crippen molar-refractivity contribution in [2.45, 2.75) is 19.6 Å². The maximum atomic E-state index is 11.7. The Kier molecular flexibility index (Phi) is 2.25. The van der Waals surface area contributed by atoms with E-state index < -0.39 is 6.10 Å². The Bertz CT molecular complexity index is 360. The van der Waals surface area contributed by atoms with Gasteiger partial charge in [-0.3, -0.25) is 4.79 Å². The highest BCUT2D eigenvalue weighted by atomic mass is 16.3. The van der Waals surface area contributed by atoms with Crippen molar-refractivity contribution in [2.75, 3.05) is 6.54 Å². The largest absolute Gasteiger partial charge is 0.392 e. The maximum Gasteiger partial charge on any atom is 0.254 e. The van der Waals surface area contributed by atoms with Crippen LogP contribution in [0.5, 0.6) is 0 Å². The zero-order valence-corrected chi connectivity index (χ0v) is 8.10. The number of hydrogen-bond donors (Lipinski definition) is 1. The van der Waals surface area contributed by atoms with Crippen LogP contribution >= 0.6 is 0 Å².